The molecule has 0 aliphatic carbocycles. The van der Waals surface area contributed by atoms with E-state index in [-0.39, 0.29) is 0 Å². The quantitative estimate of drug-likeness (QED) is 0.365. The van der Waals surface area contributed by atoms with Crippen LogP contribution < -0.4 is 20.7 Å². The van der Waals surface area contributed by atoms with Crippen LogP contribution in [0.2, 0.25) is 0 Å². The molecule has 0 aliphatic heterocycles. The van der Waals surface area contributed by atoms with E-state index in [0.29, 0.717) is 40.2 Å². The van der Waals surface area contributed by atoms with Crippen LogP contribution in [0.25, 0.3) is 11.3 Å². The van der Waals surface area contributed by atoms with E-state index in [0.717, 1.165) is 5.56 Å². The van der Waals surface area contributed by atoms with Crippen LogP contribution >= 0.6 is 0 Å². The number of amides is 2. The Balaban J connectivity index is 1.50. The molecular formula is C24H21FN6O2. The number of benzene rings is 2. The molecule has 0 radical (unpaired) electrons. The molecule has 2 heterocycles. The topological polar surface area (TPSA) is 101 Å². The van der Waals surface area contributed by atoms with Gasteiger partial charge in [0.05, 0.1) is 11.3 Å². The number of pyridine rings is 1. The number of hydrogen-bond acceptors (Lipinski definition) is 6. The van der Waals surface area contributed by atoms with Gasteiger partial charge in [-0.1, -0.05) is 6.07 Å². The maximum absolute atomic E-state index is 13.3. The van der Waals surface area contributed by atoms with Crippen LogP contribution in [-0.4, -0.2) is 28.0 Å². The Morgan fingerprint density at radius 1 is 0.939 bits per heavy atom. The average molecular weight is 444 g/mol. The number of carbonyl (C=O) groups is 1. The molecular weight excluding hydrogens is 423 g/mol. The Morgan fingerprint density at radius 2 is 1.76 bits per heavy atom. The molecule has 0 bridgehead atoms. The number of carbonyl (C=O) groups excluding carboxylic acids is 1. The number of aryl methyl sites for hydroxylation is 1. The van der Waals surface area contributed by atoms with Gasteiger partial charge in [0.1, 0.15) is 11.6 Å². The highest BCUT2D eigenvalue weighted by Gasteiger charge is 2.13. The molecule has 0 atom stereocenters. The highest BCUT2D eigenvalue weighted by Crippen LogP contribution is 2.32. The number of nitrogens with one attached hydrogen (secondary N) is 3. The standard InChI is InChI=1S/C24H21FN6O2/c1-15-13-18(30-24(32)29-17-6-3-5-16(25)14-17)8-9-21(15)33-22-19(7-4-11-27-22)20-10-12-28-23(26-2)31-20/h3-14H,1-2H3,(H,26,28,31)(H2,29,30,32). The lowest BCUT2D eigenvalue weighted by Crippen LogP contribution is -2.19. The first kappa shape index (κ1) is 21.7. The molecule has 33 heavy (non-hydrogen) atoms. The summed E-state index contributed by atoms with van der Waals surface area (Å²) in [6.07, 6.45) is 3.30. The summed E-state index contributed by atoms with van der Waals surface area (Å²) >= 11 is 0. The van der Waals surface area contributed by atoms with Gasteiger partial charge in [-0.05, 0) is 67.1 Å². The zero-order valence-electron chi connectivity index (χ0n) is 18.0. The van der Waals surface area contributed by atoms with Crippen LogP contribution in [0.3, 0.4) is 0 Å². The van der Waals surface area contributed by atoms with E-state index in [9.17, 15) is 9.18 Å². The largest absolute Gasteiger partial charge is 0.438 e. The molecule has 8 nitrogen and oxygen atoms in total. The number of hydrogen-bond donors (Lipinski definition) is 3. The summed E-state index contributed by atoms with van der Waals surface area (Å²) in [5, 5.41) is 8.23. The minimum Gasteiger partial charge on any atom is -0.438 e. The fourth-order valence-corrected chi connectivity index (χ4v) is 3.10. The van der Waals surface area contributed by atoms with E-state index in [1.807, 2.05) is 13.0 Å². The summed E-state index contributed by atoms with van der Waals surface area (Å²) < 4.78 is 19.4. The molecule has 166 valence electrons. The van der Waals surface area contributed by atoms with E-state index >= 15 is 0 Å². The molecule has 2 amide bonds. The van der Waals surface area contributed by atoms with Crippen molar-refractivity contribution >= 4 is 23.4 Å². The Morgan fingerprint density at radius 3 is 2.52 bits per heavy atom. The lowest BCUT2D eigenvalue weighted by molar-refractivity contribution is 0.262. The van der Waals surface area contributed by atoms with Gasteiger partial charge in [0, 0.05) is 30.8 Å². The lowest BCUT2D eigenvalue weighted by Gasteiger charge is -2.13. The minimum absolute atomic E-state index is 0.359. The maximum atomic E-state index is 13.3. The van der Waals surface area contributed by atoms with E-state index < -0.39 is 11.8 Å². The van der Waals surface area contributed by atoms with Crippen molar-refractivity contribution in [1.29, 1.82) is 0 Å². The third-order valence-electron chi connectivity index (χ3n) is 4.65. The van der Waals surface area contributed by atoms with Crippen LogP contribution in [0, 0.1) is 12.7 Å². The molecule has 0 fully saturated rings. The maximum Gasteiger partial charge on any atom is 0.323 e. The monoisotopic (exact) mass is 444 g/mol. The third kappa shape index (κ3) is 5.40. The number of ether oxygens (including phenoxy) is 1. The number of nitrogens with zero attached hydrogens (tertiary/aromatic N) is 3. The summed E-state index contributed by atoms with van der Waals surface area (Å²) in [6, 6.07) is 15.9. The third-order valence-corrected chi connectivity index (χ3v) is 4.65. The van der Waals surface area contributed by atoms with Crippen LogP contribution in [0.15, 0.2) is 73.1 Å². The normalized spacial score (nSPS) is 10.4. The summed E-state index contributed by atoms with van der Waals surface area (Å²) in [7, 11) is 1.75. The molecule has 4 aromatic rings. The average Bonchev–Trinajstić information content (AvgIpc) is 2.81. The number of halogens is 1. The van der Waals surface area contributed by atoms with Gasteiger partial charge in [-0.15, -0.1) is 0 Å². The summed E-state index contributed by atoms with van der Waals surface area (Å²) in [4.78, 5) is 25.2. The summed E-state index contributed by atoms with van der Waals surface area (Å²) in [5.74, 6) is 1.04. The van der Waals surface area contributed by atoms with Crippen LogP contribution in [0.5, 0.6) is 11.6 Å². The fourth-order valence-electron chi connectivity index (χ4n) is 3.10. The SMILES string of the molecule is CNc1nccc(-c2cccnc2Oc2ccc(NC(=O)Nc3cccc(F)c3)cc2C)n1. The Hall–Kier alpha value is -4.53. The second kappa shape index (κ2) is 9.73. The minimum atomic E-state index is -0.482. The summed E-state index contributed by atoms with van der Waals surface area (Å²) in [5.41, 5.74) is 3.09. The van der Waals surface area contributed by atoms with Gasteiger partial charge < -0.3 is 20.7 Å². The molecule has 2 aromatic carbocycles. The van der Waals surface area contributed by atoms with Crippen molar-refractivity contribution < 1.29 is 13.9 Å². The number of anilines is 3. The van der Waals surface area contributed by atoms with Gasteiger partial charge >= 0.3 is 6.03 Å². The van der Waals surface area contributed by atoms with Crippen molar-refractivity contribution in [3.63, 3.8) is 0 Å². The van der Waals surface area contributed by atoms with Crippen molar-refractivity contribution in [3.05, 3.63) is 84.4 Å². The molecule has 0 aliphatic rings. The number of rotatable bonds is 6. The first-order valence-electron chi connectivity index (χ1n) is 10.1. The van der Waals surface area contributed by atoms with Crippen molar-refractivity contribution in [2.24, 2.45) is 0 Å². The Labute approximate surface area is 189 Å². The molecule has 0 spiro atoms. The first-order valence-corrected chi connectivity index (χ1v) is 10.1. The molecule has 0 saturated carbocycles. The van der Waals surface area contributed by atoms with Crippen molar-refractivity contribution in [1.82, 2.24) is 15.0 Å². The van der Waals surface area contributed by atoms with Gasteiger partial charge in [0.25, 0.3) is 0 Å². The fraction of sp³-hybridized carbons (Fsp3) is 0.0833. The van der Waals surface area contributed by atoms with Gasteiger partial charge in [-0.3, -0.25) is 0 Å². The zero-order chi connectivity index (χ0) is 23.2. The Kier molecular flexibility index (Phi) is 6.40. The van der Waals surface area contributed by atoms with Crippen LogP contribution in [0.4, 0.5) is 26.5 Å². The van der Waals surface area contributed by atoms with Gasteiger partial charge in [0.15, 0.2) is 0 Å². The van der Waals surface area contributed by atoms with E-state index in [4.69, 9.17) is 4.74 Å². The Bertz CT molecular complexity index is 1300. The van der Waals surface area contributed by atoms with Crippen molar-refractivity contribution in [2.75, 3.05) is 23.0 Å². The number of urea groups is 1. The predicted octanol–water partition coefficient (Wildman–Crippen LogP) is 5.46. The van der Waals surface area contributed by atoms with E-state index in [2.05, 4.69) is 30.9 Å². The molecule has 3 N–H and O–H groups in total. The van der Waals surface area contributed by atoms with Crippen molar-refractivity contribution in [3.8, 4) is 22.9 Å². The summed E-state index contributed by atoms with van der Waals surface area (Å²) in [6.45, 7) is 1.86. The zero-order valence-corrected chi connectivity index (χ0v) is 18.0. The number of aromatic nitrogens is 3. The molecule has 2 aromatic heterocycles. The molecule has 0 unspecified atom stereocenters. The van der Waals surface area contributed by atoms with Gasteiger partial charge in [0.2, 0.25) is 11.8 Å². The van der Waals surface area contributed by atoms with Crippen LogP contribution in [-0.2, 0) is 0 Å². The highest BCUT2D eigenvalue weighted by atomic mass is 19.1. The molecule has 9 heteroatoms. The highest BCUT2D eigenvalue weighted by molar-refractivity contribution is 5.99. The van der Waals surface area contributed by atoms with E-state index in [1.54, 1.807) is 55.8 Å². The molecule has 0 saturated heterocycles. The predicted molar refractivity (Wildman–Crippen MR) is 125 cm³/mol. The van der Waals surface area contributed by atoms with Gasteiger partial charge in [-0.25, -0.2) is 24.1 Å². The van der Waals surface area contributed by atoms with E-state index in [1.165, 1.54) is 18.2 Å². The van der Waals surface area contributed by atoms with Crippen LogP contribution in [0.1, 0.15) is 5.56 Å². The first-order chi connectivity index (χ1) is 16.0. The lowest BCUT2D eigenvalue weighted by atomic mass is 10.2. The second-order valence-electron chi connectivity index (χ2n) is 7.04. The second-order valence-corrected chi connectivity index (χ2v) is 7.04. The van der Waals surface area contributed by atoms with Gasteiger partial charge in [-0.2, -0.15) is 0 Å². The smallest absolute Gasteiger partial charge is 0.323 e. The van der Waals surface area contributed by atoms with Crippen molar-refractivity contribution in [2.45, 2.75) is 6.92 Å². The molecule has 4 rings (SSSR count).